The monoisotopic (exact) mass is 453 g/mol. The fourth-order valence-corrected chi connectivity index (χ4v) is 6.96. The summed E-state index contributed by atoms with van der Waals surface area (Å²) in [6.07, 6.45) is 5.52. The summed E-state index contributed by atoms with van der Waals surface area (Å²) in [5.41, 5.74) is 1.23. The molecule has 1 aromatic rings. The molecule has 2 heterocycles. The summed E-state index contributed by atoms with van der Waals surface area (Å²) in [5.74, 6) is -1.05. The van der Waals surface area contributed by atoms with E-state index in [0.717, 1.165) is 25.7 Å². The number of carbonyl (C=O) groups excluding carboxylic acids is 2. The second kappa shape index (κ2) is 9.73. The van der Waals surface area contributed by atoms with Gasteiger partial charge < -0.3 is 14.6 Å². The molecule has 1 N–H and O–H groups in total. The zero-order chi connectivity index (χ0) is 22.8. The van der Waals surface area contributed by atoms with Gasteiger partial charge in [-0.15, -0.1) is 0 Å². The first-order valence-electron chi connectivity index (χ1n) is 11.4. The normalized spacial score (nSPS) is 20.7. The molecule has 31 heavy (non-hydrogen) atoms. The second-order valence-electron chi connectivity index (χ2n) is 8.53. The van der Waals surface area contributed by atoms with Crippen LogP contribution in [-0.2, 0) is 26.1 Å². The van der Waals surface area contributed by atoms with Gasteiger partial charge in [0.25, 0.3) is 0 Å². The molecule has 1 saturated heterocycles. The van der Waals surface area contributed by atoms with Crippen LogP contribution in [0.1, 0.15) is 74.1 Å². The van der Waals surface area contributed by atoms with Gasteiger partial charge in [-0.3, -0.25) is 4.79 Å². The lowest BCUT2D eigenvalue weighted by Gasteiger charge is -2.32. The molecule has 1 saturated carbocycles. The second-order valence-corrected chi connectivity index (χ2v) is 10.4. The zero-order valence-electron chi connectivity index (χ0n) is 19.1. The first-order valence-corrected chi connectivity index (χ1v) is 12.8. The Morgan fingerprint density at radius 3 is 2.35 bits per heavy atom. The standard InChI is InChI=1S/C22H35N3O5S/c1-5-25-15(3)19(22(27)30-6-2)20(16(25)4)31(28,29)24-13-9-10-17(14-24)21(26)23-18-11-7-8-12-18/h17-18H,5-14H2,1-4H3,(H,23,26). The van der Waals surface area contributed by atoms with E-state index in [-0.39, 0.29) is 41.5 Å². The van der Waals surface area contributed by atoms with Gasteiger partial charge >= 0.3 is 5.97 Å². The minimum absolute atomic E-state index is 0.0159. The zero-order valence-corrected chi connectivity index (χ0v) is 19.9. The van der Waals surface area contributed by atoms with Gasteiger partial charge in [-0.25, -0.2) is 13.2 Å². The first kappa shape index (κ1) is 23.8. The summed E-state index contributed by atoms with van der Waals surface area (Å²) in [4.78, 5) is 25.5. The van der Waals surface area contributed by atoms with E-state index in [9.17, 15) is 18.0 Å². The van der Waals surface area contributed by atoms with E-state index < -0.39 is 16.0 Å². The molecule has 9 heteroatoms. The lowest BCUT2D eigenvalue weighted by Crippen LogP contribution is -2.47. The van der Waals surface area contributed by atoms with Gasteiger partial charge in [-0.2, -0.15) is 4.31 Å². The number of hydrogen-bond acceptors (Lipinski definition) is 5. The van der Waals surface area contributed by atoms with Crippen molar-refractivity contribution in [2.75, 3.05) is 19.7 Å². The van der Waals surface area contributed by atoms with Gasteiger partial charge in [0.15, 0.2) is 0 Å². The average Bonchev–Trinajstić information content (AvgIpc) is 3.33. The number of piperidine rings is 1. The highest BCUT2D eigenvalue weighted by molar-refractivity contribution is 7.89. The van der Waals surface area contributed by atoms with Crippen molar-refractivity contribution in [1.29, 1.82) is 0 Å². The smallest absolute Gasteiger partial charge is 0.341 e. The van der Waals surface area contributed by atoms with Crippen molar-refractivity contribution in [2.24, 2.45) is 5.92 Å². The van der Waals surface area contributed by atoms with Crippen LogP contribution in [0.15, 0.2) is 4.90 Å². The van der Waals surface area contributed by atoms with Crippen LogP contribution in [0, 0.1) is 19.8 Å². The highest BCUT2D eigenvalue weighted by Crippen LogP contribution is 2.32. The van der Waals surface area contributed by atoms with E-state index in [2.05, 4.69) is 5.32 Å². The SMILES string of the molecule is CCOC(=O)c1c(S(=O)(=O)N2CCCC(C(=O)NC3CCCC3)C2)c(C)n(CC)c1C. The highest BCUT2D eigenvalue weighted by Gasteiger charge is 2.39. The van der Waals surface area contributed by atoms with Crippen LogP contribution in [0.4, 0.5) is 0 Å². The lowest BCUT2D eigenvalue weighted by atomic mass is 9.98. The maximum atomic E-state index is 13.7. The third-order valence-corrected chi connectivity index (χ3v) is 8.60. The van der Waals surface area contributed by atoms with E-state index >= 15 is 0 Å². The molecule has 0 aromatic carbocycles. The Morgan fingerprint density at radius 2 is 1.74 bits per heavy atom. The van der Waals surface area contributed by atoms with E-state index in [4.69, 9.17) is 4.74 Å². The summed E-state index contributed by atoms with van der Waals surface area (Å²) in [5, 5.41) is 3.10. The third-order valence-electron chi connectivity index (χ3n) is 6.58. The number of rotatable bonds is 7. The summed E-state index contributed by atoms with van der Waals surface area (Å²) in [6.45, 7) is 8.27. The van der Waals surface area contributed by atoms with Gasteiger partial charge in [0.2, 0.25) is 15.9 Å². The topological polar surface area (TPSA) is 97.7 Å². The van der Waals surface area contributed by atoms with Crippen LogP contribution in [0.5, 0.6) is 0 Å². The van der Waals surface area contributed by atoms with E-state index in [0.29, 0.717) is 37.3 Å². The molecule has 0 radical (unpaired) electrons. The molecule has 0 spiro atoms. The Morgan fingerprint density at radius 1 is 1.06 bits per heavy atom. The molecule has 0 bridgehead atoms. The van der Waals surface area contributed by atoms with Gasteiger partial charge in [-0.1, -0.05) is 12.8 Å². The molecule has 174 valence electrons. The number of amides is 1. The Balaban J connectivity index is 1.90. The molecule has 2 aliphatic rings. The van der Waals surface area contributed by atoms with Crippen molar-refractivity contribution < 1.29 is 22.7 Å². The molecule has 8 nitrogen and oxygen atoms in total. The first-order chi connectivity index (χ1) is 14.7. The number of aromatic nitrogens is 1. The van der Waals surface area contributed by atoms with E-state index in [1.165, 1.54) is 4.31 Å². The van der Waals surface area contributed by atoms with Crippen molar-refractivity contribution >= 4 is 21.9 Å². The average molecular weight is 454 g/mol. The predicted molar refractivity (Wildman–Crippen MR) is 117 cm³/mol. The van der Waals surface area contributed by atoms with Gasteiger partial charge in [-0.05, 0) is 53.4 Å². The third kappa shape index (κ3) is 4.67. The largest absolute Gasteiger partial charge is 0.462 e. The lowest BCUT2D eigenvalue weighted by molar-refractivity contribution is -0.126. The van der Waals surface area contributed by atoms with Crippen LogP contribution in [0.25, 0.3) is 0 Å². The van der Waals surface area contributed by atoms with Gasteiger partial charge in [0, 0.05) is 37.1 Å². The number of carbonyl (C=O) groups is 2. The predicted octanol–water partition coefficient (Wildman–Crippen LogP) is 2.76. The Labute approximate surface area is 185 Å². The number of sulfonamides is 1. The van der Waals surface area contributed by atoms with Gasteiger partial charge in [0.05, 0.1) is 12.5 Å². The molecule has 1 amide bonds. The van der Waals surface area contributed by atoms with E-state index in [1.807, 2.05) is 11.5 Å². The number of nitrogens with one attached hydrogen (secondary N) is 1. The van der Waals surface area contributed by atoms with E-state index in [1.54, 1.807) is 20.8 Å². The molecule has 1 aromatic heterocycles. The van der Waals surface area contributed by atoms with Crippen molar-refractivity contribution in [3.8, 4) is 0 Å². The molecular formula is C22H35N3O5S. The van der Waals surface area contributed by atoms with Crippen LogP contribution < -0.4 is 5.32 Å². The summed E-state index contributed by atoms with van der Waals surface area (Å²) >= 11 is 0. The van der Waals surface area contributed by atoms with Crippen molar-refractivity contribution in [1.82, 2.24) is 14.2 Å². The van der Waals surface area contributed by atoms with Crippen LogP contribution >= 0.6 is 0 Å². The molecular weight excluding hydrogens is 418 g/mol. The fourth-order valence-electron chi connectivity index (χ4n) is 4.98. The number of esters is 1. The quantitative estimate of drug-likeness (QED) is 0.640. The number of ether oxygens (including phenoxy) is 1. The Bertz CT molecular complexity index is 931. The minimum atomic E-state index is -3.96. The Kier molecular flexibility index (Phi) is 7.47. The number of hydrogen-bond donors (Lipinski definition) is 1. The fraction of sp³-hybridized carbons (Fsp3) is 0.727. The van der Waals surface area contributed by atoms with Crippen LogP contribution in [0.3, 0.4) is 0 Å². The van der Waals surface area contributed by atoms with Crippen LogP contribution in [0.2, 0.25) is 0 Å². The minimum Gasteiger partial charge on any atom is -0.462 e. The summed E-state index contributed by atoms with van der Waals surface area (Å²) < 4.78 is 35.8. The van der Waals surface area contributed by atoms with Crippen molar-refractivity contribution in [3.05, 3.63) is 17.0 Å². The summed E-state index contributed by atoms with van der Waals surface area (Å²) in [7, 11) is -3.96. The number of nitrogens with zero attached hydrogens (tertiary/aromatic N) is 2. The maximum absolute atomic E-state index is 13.7. The molecule has 1 aliphatic carbocycles. The summed E-state index contributed by atoms with van der Waals surface area (Å²) in [6, 6.07) is 0.207. The maximum Gasteiger partial charge on any atom is 0.341 e. The molecule has 2 fully saturated rings. The Hall–Kier alpha value is -1.87. The molecule has 1 aliphatic heterocycles. The van der Waals surface area contributed by atoms with Crippen molar-refractivity contribution in [2.45, 2.75) is 83.7 Å². The molecule has 3 rings (SSSR count). The van der Waals surface area contributed by atoms with Crippen LogP contribution in [-0.4, -0.2) is 54.9 Å². The van der Waals surface area contributed by atoms with Gasteiger partial charge in [0.1, 0.15) is 10.5 Å². The highest BCUT2D eigenvalue weighted by atomic mass is 32.2. The van der Waals surface area contributed by atoms with Crippen molar-refractivity contribution in [3.63, 3.8) is 0 Å². The molecule has 1 unspecified atom stereocenters. The molecule has 1 atom stereocenters.